The van der Waals surface area contributed by atoms with Crippen LogP contribution in [-0.4, -0.2) is 18.2 Å². The molecule has 1 amide bonds. The van der Waals surface area contributed by atoms with Gasteiger partial charge in [-0.15, -0.1) is 0 Å². The maximum atomic E-state index is 11.6. The van der Waals surface area contributed by atoms with Crippen LogP contribution < -0.4 is 5.32 Å². The van der Waals surface area contributed by atoms with Gasteiger partial charge in [0, 0.05) is 6.54 Å². The first-order valence-corrected chi connectivity index (χ1v) is 6.98. The highest BCUT2D eigenvalue weighted by Gasteiger charge is 2.20. The van der Waals surface area contributed by atoms with Crippen molar-refractivity contribution >= 4 is 6.09 Å². The lowest BCUT2D eigenvalue weighted by atomic mass is 9.84. The van der Waals surface area contributed by atoms with Crippen LogP contribution in [0.3, 0.4) is 0 Å². The van der Waals surface area contributed by atoms with Gasteiger partial charge in [-0.2, -0.15) is 0 Å². The predicted molar refractivity (Wildman–Crippen MR) is 76.2 cm³/mol. The molecule has 1 aliphatic rings. The molecule has 1 atom stereocenters. The fraction of sp³-hybridized carbons (Fsp3) is 0.562. The number of nitrogens with one attached hydrogen (secondary N) is 1. The molecule has 0 aliphatic heterocycles. The van der Waals surface area contributed by atoms with E-state index in [4.69, 9.17) is 4.74 Å². The van der Waals surface area contributed by atoms with Crippen LogP contribution in [0.15, 0.2) is 24.3 Å². The van der Waals surface area contributed by atoms with Gasteiger partial charge >= 0.3 is 6.09 Å². The highest BCUT2D eigenvalue weighted by Crippen LogP contribution is 2.24. The Morgan fingerprint density at radius 3 is 2.68 bits per heavy atom. The second-order valence-electron chi connectivity index (χ2n) is 6.26. The van der Waals surface area contributed by atoms with Crippen LogP contribution >= 0.6 is 0 Å². The first-order valence-electron chi connectivity index (χ1n) is 6.98. The Morgan fingerprint density at radius 2 is 2.00 bits per heavy atom. The fourth-order valence-electron chi connectivity index (χ4n) is 2.49. The van der Waals surface area contributed by atoms with Gasteiger partial charge in [0.1, 0.15) is 5.60 Å². The Labute approximate surface area is 115 Å². The quantitative estimate of drug-likeness (QED) is 0.887. The van der Waals surface area contributed by atoms with Crippen molar-refractivity contribution in [2.75, 3.05) is 6.54 Å². The van der Waals surface area contributed by atoms with Crippen LogP contribution in [-0.2, 0) is 17.6 Å². The molecule has 3 nitrogen and oxygen atoms in total. The van der Waals surface area contributed by atoms with E-state index in [2.05, 4.69) is 29.6 Å². The van der Waals surface area contributed by atoms with E-state index in [1.807, 2.05) is 20.8 Å². The summed E-state index contributed by atoms with van der Waals surface area (Å²) in [4.78, 5) is 11.6. The third-order valence-electron chi connectivity index (χ3n) is 3.38. The van der Waals surface area contributed by atoms with E-state index in [1.165, 1.54) is 11.1 Å². The van der Waals surface area contributed by atoms with Crippen LogP contribution in [0.5, 0.6) is 0 Å². The standard InChI is InChI=1S/C16H23NO2/c1-16(2,3)19-15(18)17-11-12-8-9-13-6-4-5-7-14(13)10-12/h4-7,12H,8-11H2,1-3H3,(H,17,18)/t12-/m0/s1. The third-order valence-corrected chi connectivity index (χ3v) is 3.38. The molecule has 1 aromatic carbocycles. The Balaban J connectivity index is 1.81. The van der Waals surface area contributed by atoms with Gasteiger partial charge < -0.3 is 10.1 Å². The van der Waals surface area contributed by atoms with Crippen molar-refractivity contribution in [2.45, 2.75) is 45.6 Å². The molecular formula is C16H23NO2. The Hall–Kier alpha value is -1.51. The number of amides is 1. The maximum absolute atomic E-state index is 11.6. The number of carbonyl (C=O) groups excluding carboxylic acids is 1. The number of ether oxygens (including phenoxy) is 1. The summed E-state index contributed by atoms with van der Waals surface area (Å²) in [5, 5.41) is 2.88. The van der Waals surface area contributed by atoms with E-state index in [1.54, 1.807) is 0 Å². The SMILES string of the molecule is CC(C)(C)OC(=O)NC[C@H]1CCc2ccccc2C1. The molecule has 0 spiro atoms. The average molecular weight is 261 g/mol. The maximum Gasteiger partial charge on any atom is 0.407 e. The minimum absolute atomic E-state index is 0.314. The monoisotopic (exact) mass is 261 g/mol. The molecular weight excluding hydrogens is 238 g/mol. The summed E-state index contributed by atoms with van der Waals surface area (Å²) in [6.07, 6.45) is 2.97. The van der Waals surface area contributed by atoms with Crippen molar-refractivity contribution in [1.29, 1.82) is 0 Å². The number of rotatable bonds is 2. The molecule has 0 heterocycles. The number of carbonyl (C=O) groups is 1. The molecule has 1 N–H and O–H groups in total. The molecule has 0 fully saturated rings. The molecule has 1 aliphatic carbocycles. The molecule has 0 saturated heterocycles. The van der Waals surface area contributed by atoms with Crippen LogP contribution in [0, 0.1) is 5.92 Å². The summed E-state index contributed by atoms with van der Waals surface area (Å²) in [7, 11) is 0. The summed E-state index contributed by atoms with van der Waals surface area (Å²) in [5.74, 6) is 0.516. The molecule has 3 heteroatoms. The zero-order chi connectivity index (χ0) is 13.9. The highest BCUT2D eigenvalue weighted by atomic mass is 16.6. The van der Waals surface area contributed by atoms with E-state index < -0.39 is 5.60 Å². The Bertz CT molecular complexity index is 448. The van der Waals surface area contributed by atoms with Crippen molar-refractivity contribution in [2.24, 2.45) is 5.92 Å². The number of hydrogen-bond acceptors (Lipinski definition) is 2. The van der Waals surface area contributed by atoms with Crippen LogP contribution in [0.25, 0.3) is 0 Å². The molecule has 19 heavy (non-hydrogen) atoms. The minimum Gasteiger partial charge on any atom is -0.444 e. The van der Waals surface area contributed by atoms with Crippen LogP contribution in [0.2, 0.25) is 0 Å². The fourth-order valence-corrected chi connectivity index (χ4v) is 2.49. The summed E-state index contributed by atoms with van der Waals surface area (Å²) in [6, 6.07) is 8.57. The minimum atomic E-state index is -0.427. The largest absolute Gasteiger partial charge is 0.444 e. The van der Waals surface area contributed by atoms with Gasteiger partial charge in [-0.1, -0.05) is 24.3 Å². The second-order valence-corrected chi connectivity index (χ2v) is 6.26. The summed E-state index contributed by atoms with van der Waals surface area (Å²) < 4.78 is 5.25. The van der Waals surface area contributed by atoms with E-state index >= 15 is 0 Å². The number of fused-ring (bicyclic) bond motifs is 1. The average Bonchev–Trinajstić information content (AvgIpc) is 2.34. The zero-order valence-corrected chi connectivity index (χ0v) is 12.0. The molecule has 0 saturated carbocycles. The van der Waals surface area contributed by atoms with Gasteiger partial charge in [0.25, 0.3) is 0 Å². The summed E-state index contributed by atoms with van der Waals surface area (Å²) in [5.41, 5.74) is 2.45. The zero-order valence-electron chi connectivity index (χ0n) is 12.0. The smallest absolute Gasteiger partial charge is 0.407 e. The van der Waals surface area contributed by atoms with Gasteiger partial charge in [0.05, 0.1) is 0 Å². The highest BCUT2D eigenvalue weighted by molar-refractivity contribution is 5.67. The van der Waals surface area contributed by atoms with E-state index in [-0.39, 0.29) is 6.09 Å². The second kappa shape index (κ2) is 5.64. The molecule has 0 radical (unpaired) electrons. The number of alkyl carbamates (subject to hydrolysis) is 1. The van der Waals surface area contributed by atoms with Crippen molar-refractivity contribution < 1.29 is 9.53 Å². The van der Waals surface area contributed by atoms with E-state index in [0.717, 1.165) is 19.3 Å². The van der Waals surface area contributed by atoms with Crippen LogP contribution in [0.4, 0.5) is 4.79 Å². The molecule has 0 unspecified atom stereocenters. The summed E-state index contributed by atoms with van der Waals surface area (Å²) >= 11 is 0. The van der Waals surface area contributed by atoms with Gasteiger partial charge in [0.2, 0.25) is 0 Å². The first-order chi connectivity index (χ1) is 8.94. The molecule has 0 aromatic heterocycles. The van der Waals surface area contributed by atoms with E-state index in [9.17, 15) is 4.79 Å². The predicted octanol–water partition coefficient (Wildman–Crippen LogP) is 3.32. The van der Waals surface area contributed by atoms with Gasteiger partial charge in [-0.05, 0) is 57.1 Å². The molecule has 0 bridgehead atoms. The first kappa shape index (κ1) is 13.9. The lowest BCUT2D eigenvalue weighted by molar-refractivity contribution is 0.0518. The molecule has 1 aromatic rings. The third kappa shape index (κ3) is 4.27. The Morgan fingerprint density at radius 1 is 1.32 bits per heavy atom. The topological polar surface area (TPSA) is 38.3 Å². The van der Waals surface area contributed by atoms with Crippen LogP contribution in [0.1, 0.15) is 38.3 Å². The van der Waals surface area contributed by atoms with Crippen molar-refractivity contribution in [3.63, 3.8) is 0 Å². The molecule has 104 valence electrons. The summed E-state index contributed by atoms with van der Waals surface area (Å²) in [6.45, 7) is 6.33. The number of benzene rings is 1. The van der Waals surface area contributed by atoms with Crippen molar-refractivity contribution in [3.05, 3.63) is 35.4 Å². The van der Waals surface area contributed by atoms with Gasteiger partial charge in [0.15, 0.2) is 0 Å². The lowest BCUT2D eigenvalue weighted by Crippen LogP contribution is -2.36. The van der Waals surface area contributed by atoms with Crippen molar-refractivity contribution in [1.82, 2.24) is 5.32 Å². The Kier molecular flexibility index (Phi) is 4.13. The van der Waals surface area contributed by atoms with Gasteiger partial charge in [-0.3, -0.25) is 0 Å². The number of hydrogen-bond donors (Lipinski definition) is 1. The number of aryl methyl sites for hydroxylation is 1. The molecule has 2 rings (SSSR count). The van der Waals surface area contributed by atoms with E-state index in [0.29, 0.717) is 12.5 Å². The lowest BCUT2D eigenvalue weighted by Gasteiger charge is -2.25. The van der Waals surface area contributed by atoms with Crippen molar-refractivity contribution in [3.8, 4) is 0 Å². The normalized spacial score (nSPS) is 18.6. The van der Waals surface area contributed by atoms with Gasteiger partial charge in [-0.25, -0.2) is 4.79 Å².